The van der Waals surface area contributed by atoms with Crippen molar-refractivity contribution in [2.45, 2.75) is 53.5 Å². The normalized spacial score (nSPS) is 21.5. The third-order valence-electron chi connectivity index (χ3n) is 6.53. The van der Waals surface area contributed by atoms with E-state index in [4.69, 9.17) is 16.3 Å². The van der Waals surface area contributed by atoms with Gasteiger partial charge in [-0.05, 0) is 41.4 Å². The van der Waals surface area contributed by atoms with Gasteiger partial charge in [-0.2, -0.15) is 0 Å². The van der Waals surface area contributed by atoms with Crippen LogP contribution in [0.3, 0.4) is 0 Å². The van der Waals surface area contributed by atoms with Gasteiger partial charge in [0.05, 0.1) is 19.8 Å². The van der Waals surface area contributed by atoms with Crippen LogP contribution in [0, 0.1) is 11.3 Å². The summed E-state index contributed by atoms with van der Waals surface area (Å²) in [5.74, 6) is 0.317. The lowest BCUT2D eigenvalue weighted by atomic mass is 9.70. The van der Waals surface area contributed by atoms with E-state index >= 15 is 0 Å². The maximum absolute atomic E-state index is 13.4. The average molecular weight is 484 g/mol. The molecule has 2 aliphatic heterocycles. The maximum Gasteiger partial charge on any atom is 0.245 e. The third kappa shape index (κ3) is 7.67. The van der Waals surface area contributed by atoms with Crippen LogP contribution >= 0.6 is 11.6 Å². The lowest BCUT2D eigenvalue weighted by molar-refractivity contribution is -0.141. The number of carbonyl (C=O) groups is 2. The molecule has 8 heteroatoms. The Morgan fingerprint density at radius 3 is 2.30 bits per heavy atom. The van der Waals surface area contributed by atoms with Crippen molar-refractivity contribution >= 4 is 23.4 Å². The molecule has 2 aliphatic rings. The highest BCUT2D eigenvalue weighted by Gasteiger charge is 2.40. The Bertz CT molecular complexity index is 763. The highest BCUT2D eigenvalue weighted by atomic mass is 35.5. The molecule has 7 nitrogen and oxygen atoms in total. The van der Waals surface area contributed by atoms with Crippen molar-refractivity contribution < 1.29 is 19.8 Å². The Labute approximate surface area is 204 Å². The van der Waals surface area contributed by atoms with E-state index in [0.29, 0.717) is 38.8 Å². The number of hydrogen-bond donors (Lipinski definition) is 1. The van der Waals surface area contributed by atoms with Gasteiger partial charge in [0.1, 0.15) is 6.04 Å². The molecule has 0 aliphatic carbocycles. The van der Waals surface area contributed by atoms with Crippen molar-refractivity contribution in [2.75, 3.05) is 45.9 Å². The second kappa shape index (κ2) is 12.7. The summed E-state index contributed by atoms with van der Waals surface area (Å²) in [6, 6.07) is 7.55. The number of morpholine rings is 1. The minimum absolute atomic E-state index is 0. The smallest absolute Gasteiger partial charge is 0.245 e. The summed E-state index contributed by atoms with van der Waals surface area (Å²) in [6.07, 6.45) is 0.896. The van der Waals surface area contributed by atoms with Crippen molar-refractivity contribution in [3.05, 3.63) is 34.9 Å². The predicted molar refractivity (Wildman–Crippen MR) is 134 cm³/mol. The van der Waals surface area contributed by atoms with Gasteiger partial charge in [0.15, 0.2) is 0 Å². The first kappa shape index (κ1) is 29.4. The molecule has 1 aromatic carbocycles. The average Bonchev–Trinajstić information content (AvgIpc) is 2.72. The minimum Gasteiger partial charge on any atom is -0.412 e. The Morgan fingerprint density at radius 1 is 1.15 bits per heavy atom. The van der Waals surface area contributed by atoms with Gasteiger partial charge >= 0.3 is 0 Å². The molecule has 188 valence electrons. The first-order valence-corrected chi connectivity index (χ1v) is 11.7. The van der Waals surface area contributed by atoms with Crippen LogP contribution in [0.25, 0.3) is 0 Å². The molecule has 1 aromatic rings. The summed E-state index contributed by atoms with van der Waals surface area (Å²) >= 11 is 6.06. The van der Waals surface area contributed by atoms with Gasteiger partial charge in [-0.3, -0.25) is 14.5 Å². The van der Waals surface area contributed by atoms with E-state index in [2.05, 4.69) is 36.2 Å². The standard InChI is InChI=1S/C24H36ClN3O3.CH4.H2O/c1-17(2)22(26-21(29)15-27-11-13-31-14-12-27)23(30)28-10-9-20(24(3,4)16-28)18-5-7-19(25)8-6-18;;/h5-8,17,20,22H,9-16H2,1-4H3,(H,26,29);1H4;1H2/t20?,22-;;/m1../s1. The van der Waals surface area contributed by atoms with Crippen molar-refractivity contribution in [1.29, 1.82) is 0 Å². The molecule has 1 unspecified atom stereocenters. The summed E-state index contributed by atoms with van der Waals surface area (Å²) in [5, 5.41) is 3.75. The number of rotatable bonds is 6. The zero-order valence-electron chi connectivity index (χ0n) is 19.7. The quantitative estimate of drug-likeness (QED) is 0.673. The molecule has 0 radical (unpaired) electrons. The van der Waals surface area contributed by atoms with Crippen LogP contribution < -0.4 is 5.32 Å². The molecule has 2 heterocycles. The van der Waals surface area contributed by atoms with E-state index in [1.54, 1.807) is 0 Å². The van der Waals surface area contributed by atoms with Crippen LogP contribution in [0.15, 0.2) is 24.3 Å². The number of nitrogens with zero attached hydrogens (tertiary/aromatic N) is 2. The molecule has 2 amide bonds. The number of hydrogen-bond acceptors (Lipinski definition) is 4. The number of likely N-dealkylation sites (tertiary alicyclic amines) is 1. The highest BCUT2D eigenvalue weighted by Crippen LogP contribution is 2.42. The molecule has 0 spiro atoms. The fraction of sp³-hybridized carbons (Fsp3) is 0.680. The van der Waals surface area contributed by atoms with Crippen LogP contribution in [0.5, 0.6) is 0 Å². The monoisotopic (exact) mass is 483 g/mol. The summed E-state index contributed by atoms with van der Waals surface area (Å²) in [4.78, 5) is 30.0. The molecule has 2 fully saturated rings. The SMILES string of the molecule is C.CC(C)[C@@H](NC(=O)CN1CCOCC1)C(=O)N1CCC(c2ccc(Cl)cc2)C(C)(C)C1.O. The summed E-state index contributed by atoms with van der Waals surface area (Å²) in [7, 11) is 0. The molecule has 2 atom stereocenters. The second-order valence-corrected chi connectivity index (χ2v) is 10.3. The van der Waals surface area contributed by atoms with Gasteiger partial charge in [0.2, 0.25) is 11.8 Å². The van der Waals surface area contributed by atoms with E-state index in [-0.39, 0.29) is 36.1 Å². The number of amides is 2. The van der Waals surface area contributed by atoms with Crippen molar-refractivity contribution in [1.82, 2.24) is 15.1 Å². The molecular formula is C25H42ClN3O4. The van der Waals surface area contributed by atoms with Gasteiger partial charge in [0, 0.05) is 31.2 Å². The fourth-order valence-corrected chi connectivity index (χ4v) is 4.88. The van der Waals surface area contributed by atoms with Gasteiger partial charge < -0.3 is 20.4 Å². The Hall–Kier alpha value is -1.67. The van der Waals surface area contributed by atoms with Gasteiger partial charge in [-0.1, -0.05) is 58.9 Å². The highest BCUT2D eigenvalue weighted by molar-refractivity contribution is 6.30. The van der Waals surface area contributed by atoms with E-state index in [1.807, 2.05) is 30.9 Å². The Balaban J connectivity index is 0.00000272. The summed E-state index contributed by atoms with van der Waals surface area (Å²) in [5.41, 5.74) is 1.20. The lowest BCUT2D eigenvalue weighted by Crippen LogP contribution is -2.57. The molecule has 0 aromatic heterocycles. The molecule has 3 rings (SSSR count). The van der Waals surface area contributed by atoms with E-state index in [9.17, 15) is 9.59 Å². The van der Waals surface area contributed by atoms with Gasteiger partial charge in [-0.15, -0.1) is 0 Å². The van der Waals surface area contributed by atoms with Crippen molar-refractivity contribution in [3.8, 4) is 0 Å². The topological polar surface area (TPSA) is 93.4 Å². The van der Waals surface area contributed by atoms with E-state index in [0.717, 1.165) is 24.5 Å². The van der Waals surface area contributed by atoms with Crippen LogP contribution in [-0.2, 0) is 14.3 Å². The molecule has 2 saturated heterocycles. The molecule has 33 heavy (non-hydrogen) atoms. The number of piperidine rings is 1. The second-order valence-electron chi connectivity index (χ2n) is 9.82. The Kier molecular flexibility index (Phi) is 11.3. The third-order valence-corrected chi connectivity index (χ3v) is 6.79. The first-order chi connectivity index (χ1) is 14.7. The van der Waals surface area contributed by atoms with Crippen LogP contribution in [0.4, 0.5) is 0 Å². The van der Waals surface area contributed by atoms with Crippen molar-refractivity contribution in [3.63, 3.8) is 0 Å². The van der Waals surface area contributed by atoms with Crippen LogP contribution in [-0.4, -0.2) is 79.1 Å². The lowest BCUT2D eigenvalue weighted by Gasteiger charge is -2.45. The van der Waals surface area contributed by atoms with Crippen molar-refractivity contribution in [2.24, 2.45) is 11.3 Å². The maximum atomic E-state index is 13.4. The largest absolute Gasteiger partial charge is 0.412 e. The number of ether oxygens (including phenoxy) is 1. The number of benzene rings is 1. The van der Waals surface area contributed by atoms with Gasteiger partial charge in [-0.25, -0.2) is 0 Å². The molecular weight excluding hydrogens is 442 g/mol. The summed E-state index contributed by atoms with van der Waals surface area (Å²) in [6.45, 7) is 12.9. The van der Waals surface area contributed by atoms with Crippen LogP contribution in [0.2, 0.25) is 5.02 Å². The molecule has 0 saturated carbocycles. The predicted octanol–water partition coefficient (Wildman–Crippen LogP) is 2.97. The number of nitrogens with one attached hydrogen (secondary N) is 1. The van der Waals surface area contributed by atoms with E-state index < -0.39 is 6.04 Å². The minimum atomic E-state index is -0.503. The fourth-order valence-electron chi connectivity index (χ4n) is 4.75. The number of carbonyl (C=O) groups excluding carboxylic acids is 2. The first-order valence-electron chi connectivity index (χ1n) is 11.3. The Morgan fingerprint density at radius 2 is 1.76 bits per heavy atom. The zero-order chi connectivity index (χ0) is 22.6. The molecule has 3 N–H and O–H groups in total. The van der Waals surface area contributed by atoms with Crippen LogP contribution in [0.1, 0.15) is 53.0 Å². The molecule has 0 bridgehead atoms. The number of halogens is 1. The summed E-state index contributed by atoms with van der Waals surface area (Å²) < 4.78 is 5.34. The zero-order valence-corrected chi connectivity index (χ0v) is 20.5. The van der Waals surface area contributed by atoms with E-state index in [1.165, 1.54) is 5.56 Å². The van der Waals surface area contributed by atoms with Gasteiger partial charge in [0.25, 0.3) is 0 Å².